The molecular weight excluding hydrogens is 130 g/mol. The summed E-state index contributed by atoms with van der Waals surface area (Å²) in [5, 5.41) is 8.03. The number of thioether (sulfide) groups is 1. The monoisotopic (exact) mass is 145 g/mol. The molecule has 0 heterocycles. The number of nitrogens with zero attached hydrogens (tertiary/aromatic N) is 1. The highest BCUT2D eigenvalue weighted by Gasteiger charge is 1.79. The molecule has 0 unspecified atom stereocenters. The summed E-state index contributed by atoms with van der Waals surface area (Å²) in [7, 11) is 0. The molecule has 1 nitrogen and oxygen atoms in total. The summed E-state index contributed by atoms with van der Waals surface area (Å²) >= 11 is 1.81. The van der Waals surface area contributed by atoms with Crippen molar-refractivity contribution in [1.29, 1.82) is 5.26 Å². The van der Waals surface area contributed by atoms with Gasteiger partial charge in [0, 0.05) is 12.2 Å². The van der Waals surface area contributed by atoms with E-state index in [0.29, 0.717) is 6.42 Å². The molecule has 0 saturated carbocycles. The van der Waals surface area contributed by atoms with Gasteiger partial charge in [-0.2, -0.15) is 17.0 Å². The first-order valence-corrected chi connectivity index (χ1v) is 4.52. The predicted octanol–water partition coefficient (Wildman–Crippen LogP) is 2.68. The fraction of sp³-hybridized carbons (Fsp3) is 0.857. The van der Waals surface area contributed by atoms with E-state index < -0.39 is 0 Å². The van der Waals surface area contributed by atoms with Crippen LogP contribution in [0, 0.1) is 11.3 Å². The SMILES string of the molecule is CC.CCSCCC#N. The number of rotatable bonds is 3. The molecule has 0 amide bonds. The third-order valence-corrected chi connectivity index (χ3v) is 1.46. The lowest BCUT2D eigenvalue weighted by molar-refractivity contribution is 1.24. The van der Waals surface area contributed by atoms with Gasteiger partial charge in [0.05, 0.1) is 6.07 Å². The van der Waals surface area contributed by atoms with Gasteiger partial charge >= 0.3 is 0 Å². The Balaban J connectivity index is 0. The Morgan fingerprint density at radius 3 is 2.33 bits per heavy atom. The van der Waals surface area contributed by atoms with Crippen LogP contribution < -0.4 is 0 Å². The molecule has 0 saturated heterocycles. The maximum Gasteiger partial charge on any atom is 0.0630 e. The molecule has 0 spiro atoms. The van der Waals surface area contributed by atoms with Gasteiger partial charge in [0.1, 0.15) is 0 Å². The van der Waals surface area contributed by atoms with Crippen LogP contribution in [0.4, 0.5) is 0 Å². The minimum Gasteiger partial charge on any atom is -0.198 e. The van der Waals surface area contributed by atoms with Crippen molar-refractivity contribution in [3.8, 4) is 6.07 Å². The Kier molecular flexibility index (Phi) is 20.2. The lowest BCUT2D eigenvalue weighted by Gasteiger charge is -1.85. The average molecular weight is 145 g/mol. The zero-order valence-electron chi connectivity index (χ0n) is 6.48. The molecule has 0 rings (SSSR count). The van der Waals surface area contributed by atoms with Gasteiger partial charge < -0.3 is 0 Å². The molecule has 54 valence electrons. The lowest BCUT2D eigenvalue weighted by atomic mass is 10.6. The van der Waals surface area contributed by atoms with Crippen molar-refractivity contribution < 1.29 is 0 Å². The lowest BCUT2D eigenvalue weighted by Crippen LogP contribution is -1.74. The van der Waals surface area contributed by atoms with Crippen LogP contribution >= 0.6 is 11.8 Å². The zero-order chi connectivity index (χ0) is 7.54. The second-order valence-electron chi connectivity index (χ2n) is 1.11. The van der Waals surface area contributed by atoms with Gasteiger partial charge in [-0.25, -0.2) is 0 Å². The van der Waals surface area contributed by atoms with Gasteiger partial charge in [0.25, 0.3) is 0 Å². The van der Waals surface area contributed by atoms with Crippen LogP contribution in [-0.4, -0.2) is 11.5 Å². The van der Waals surface area contributed by atoms with Crippen molar-refractivity contribution in [1.82, 2.24) is 0 Å². The first-order valence-electron chi connectivity index (χ1n) is 3.36. The highest BCUT2D eigenvalue weighted by molar-refractivity contribution is 7.99. The Morgan fingerprint density at radius 1 is 1.44 bits per heavy atom. The van der Waals surface area contributed by atoms with Crippen LogP contribution in [0.25, 0.3) is 0 Å². The summed E-state index contributed by atoms with van der Waals surface area (Å²) < 4.78 is 0. The van der Waals surface area contributed by atoms with Crippen molar-refractivity contribution in [3.05, 3.63) is 0 Å². The minimum atomic E-state index is 0.693. The molecular formula is C7H15NS. The predicted molar refractivity (Wildman–Crippen MR) is 44.6 cm³/mol. The molecule has 0 aliphatic carbocycles. The molecule has 0 bridgehead atoms. The fourth-order valence-corrected chi connectivity index (χ4v) is 0.786. The summed E-state index contributed by atoms with van der Waals surface area (Å²) in [4.78, 5) is 0. The molecule has 0 atom stereocenters. The van der Waals surface area contributed by atoms with Crippen molar-refractivity contribution in [2.45, 2.75) is 27.2 Å². The summed E-state index contributed by atoms with van der Waals surface area (Å²) in [5.41, 5.74) is 0. The van der Waals surface area contributed by atoms with Crippen molar-refractivity contribution >= 4 is 11.8 Å². The Labute approximate surface area is 62.5 Å². The van der Waals surface area contributed by atoms with Gasteiger partial charge in [-0.05, 0) is 5.75 Å². The topological polar surface area (TPSA) is 23.8 Å². The third-order valence-electron chi connectivity index (χ3n) is 0.562. The van der Waals surface area contributed by atoms with E-state index in [1.54, 1.807) is 0 Å². The molecule has 0 aliphatic rings. The molecule has 0 aromatic rings. The fourth-order valence-electron chi connectivity index (χ4n) is 0.262. The molecule has 0 aromatic carbocycles. The van der Waals surface area contributed by atoms with Gasteiger partial charge in [-0.1, -0.05) is 20.8 Å². The maximum atomic E-state index is 8.03. The summed E-state index contributed by atoms with van der Waals surface area (Å²) in [6.07, 6.45) is 0.693. The minimum absolute atomic E-state index is 0.693. The molecule has 0 fully saturated rings. The quantitative estimate of drug-likeness (QED) is 0.570. The zero-order valence-corrected chi connectivity index (χ0v) is 7.29. The van der Waals surface area contributed by atoms with E-state index in [1.165, 1.54) is 0 Å². The normalized spacial score (nSPS) is 6.89. The van der Waals surface area contributed by atoms with Crippen LogP contribution in [0.2, 0.25) is 0 Å². The van der Waals surface area contributed by atoms with Crippen LogP contribution in [0.5, 0.6) is 0 Å². The molecule has 0 aliphatic heterocycles. The first kappa shape index (κ1) is 11.6. The summed E-state index contributed by atoms with van der Waals surface area (Å²) in [6, 6.07) is 2.08. The van der Waals surface area contributed by atoms with Gasteiger partial charge in [-0.3, -0.25) is 0 Å². The average Bonchev–Trinajstić information content (AvgIpc) is 1.94. The number of nitriles is 1. The summed E-state index contributed by atoms with van der Waals surface area (Å²) in [6.45, 7) is 6.10. The second-order valence-corrected chi connectivity index (χ2v) is 2.50. The molecule has 9 heavy (non-hydrogen) atoms. The highest BCUT2D eigenvalue weighted by atomic mass is 32.2. The number of hydrogen-bond donors (Lipinski definition) is 0. The van der Waals surface area contributed by atoms with E-state index >= 15 is 0 Å². The Bertz CT molecular complexity index is 65.8. The van der Waals surface area contributed by atoms with Crippen molar-refractivity contribution in [2.75, 3.05) is 11.5 Å². The second kappa shape index (κ2) is 15.7. The molecule has 0 N–H and O–H groups in total. The molecule has 0 aromatic heterocycles. The Morgan fingerprint density at radius 2 is 2.00 bits per heavy atom. The Hall–Kier alpha value is -0.160. The number of hydrogen-bond acceptors (Lipinski definition) is 2. The van der Waals surface area contributed by atoms with Crippen LogP contribution in [0.1, 0.15) is 27.2 Å². The summed E-state index contributed by atoms with van der Waals surface area (Å²) in [5.74, 6) is 2.12. The van der Waals surface area contributed by atoms with Crippen LogP contribution in [0.3, 0.4) is 0 Å². The van der Waals surface area contributed by atoms with Gasteiger partial charge in [0.15, 0.2) is 0 Å². The maximum absolute atomic E-state index is 8.03. The van der Waals surface area contributed by atoms with Gasteiger partial charge in [-0.15, -0.1) is 0 Å². The van der Waals surface area contributed by atoms with Crippen molar-refractivity contribution in [2.24, 2.45) is 0 Å². The largest absolute Gasteiger partial charge is 0.198 e. The van der Waals surface area contributed by atoms with E-state index in [9.17, 15) is 0 Å². The van der Waals surface area contributed by atoms with Crippen molar-refractivity contribution in [3.63, 3.8) is 0 Å². The smallest absolute Gasteiger partial charge is 0.0630 e. The highest BCUT2D eigenvalue weighted by Crippen LogP contribution is 1.98. The van der Waals surface area contributed by atoms with E-state index in [1.807, 2.05) is 25.6 Å². The molecule has 0 radical (unpaired) electrons. The van der Waals surface area contributed by atoms with E-state index in [2.05, 4.69) is 13.0 Å². The van der Waals surface area contributed by atoms with E-state index in [0.717, 1.165) is 11.5 Å². The standard InChI is InChI=1S/C5H9NS.C2H6/c1-2-7-5-3-4-6;1-2/h2-3,5H2,1H3;1-2H3. The van der Waals surface area contributed by atoms with E-state index in [-0.39, 0.29) is 0 Å². The third kappa shape index (κ3) is 18.1. The van der Waals surface area contributed by atoms with Crippen LogP contribution in [0.15, 0.2) is 0 Å². The first-order chi connectivity index (χ1) is 4.41. The van der Waals surface area contributed by atoms with Crippen LogP contribution in [-0.2, 0) is 0 Å². The van der Waals surface area contributed by atoms with E-state index in [4.69, 9.17) is 5.26 Å². The molecule has 2 heteroatoms. The van der Waals surface area contributed by atoms with Gasteiger partial charge in [0.2, 0.25) is 0 Å².